The average molecular weight is 337 g/mol. The molecule has 1 fully saturated rings. The summed E-state index contributed by atoms with van der Waals surface area (Å²) in [5.41, 5.74) is 0. The van der Waals surface area contributed by atoms with Crippen molar-refractivity contribution in [3.8, 4) is 0 Å². The summed E-state index contributed by atoms with van der Waals surface area (Å²) in [4.78, 5) is 27.6. The monoisotopic (exact) mass is 337 g/mol. The zero-order chi connectivity index (χ0) is 16.8. The third-order valence-corrected chi connectivity index (χ3v) is 5.25. The maximum atomic E-state index is 12.8. The molecule has 0 saturated carbocycles. The van der Waals surface area contributed by atoms with Gasteiger partial charge in [0, 0.05) is 13.1 Å². The van der Waals surface area contributed by atoms with Crippen LogP contribution in [0.15, 0.2) is 17.5 Å². The molecule has 23 heavy (non-hydrogen) atoms. The normalized spacial score (nSPS) is 17.3. The number of thiophene rings is 1. The molecule has 0 radical (unpaired) electrons. The number of hydrogen-bond acceptors (Lipinski definition) is 4. The third kappa shape index (κ3) is 4.78. The molecule has 0 bridgehead atoms. The smallest absolute Gasteiger partial charge is 0.262 e. The van der Waals surface area contributed by atoms with Gasteiger partial charge in [0.1, 0.15) is 6.04 Å². The minimum Gasteiger partial charge on any atom is -0.341 e. The van der Waals surface area contributed by atoms with E-state index in [2.05, 4.69) is 10.6 Å². The first-order valence-corrected chi connectivity index (χ1v) is 9.18. The zero-order valence-corrected chi connectivity index (χ0v) is 15.0. The van der Waals surface area contributed by atoms with Crippen molar-refractivity contribution >= 4 is 23.2 Å². The Balaban J connectivity index is 1.95. The Morgan fingerprint density at radius 1 is 1.35 bits per heavy atom. The second-order valence-corrected chi connectivity index (χ2v) is 7.45. The number of hydrogen-bond donors (Lipinski definition) is 2. The van der Waals surface area contributed by atoms with Gasteiger partial charge in [-0.1, -0.05) is 19.9 Å². The lowest BCUT2D eigenvalue weighted by Gasteiger charge is -2.35. The number of amides is 2. The fourth-order valence-electron chi connectivity index (χ4n) is 2.98. The van der Waals surface area contributed by atoms with Crippen LogP contribution < -0.4 is 10.6 Å². The molecule has 6 heteroatoms. The van der Waals surface area contributed by atoms with Crippen LogP contribution in [0.2, 0.25) is 0 Å². The lowest BCUT2D eigenvalue weighted by Crippen LogP contribution is -2.53. The van der Waals surface area contributed by atoms with E-state index >= 15 is 0 Å². The Morgan fingerprint density at radius 2 is 2.04 bits per heavy atom. The molecule has 5 nitrogen and oxygen atoms in total. The highest BCUT2D eigenvalue weighted by Crippen LogP contribution is 2.19. The summed E-state index contributed by atoms with van der Waals surface area (Å²) in [7, 11) is 1.96. The van der Waals surface area contributed by atoms with E-state index in [-0.39, 0.29) is 17.7 Å². The van der Waals surface area contributed by atoms with Gasteiger partial charge in [-0.2, -0.15) is 0 Å². The summed E-state index contributed by atoms with van der Waals surface area (Å²) in [6.45, 7) is 6.52. The maximum Gasteiger partial charge on any atom is 0.262 e. The molecule has 1 unspecified atom stereocenters. The first kappa shape index (κ1) is 17.9. The van der Waals surface area contributed by atoms with Crippen LogP contribution in [0.25, 0.3) is 0 Å². The van der Waals surface area contributed by atoms with Gasteiger partial charge in [0.25, 0.3) is 5.91 Å². The van der Waals surface area contributed by atoms with Crippen LogP contribution in [-0.4, -0.2) is 49.4 Å². The Labute approximate surface area is 142 Å². The summed E-state index contributed by atoms with van der Waals surface area (Å²) < 4.78 is 0. The molecule has 2 heterocycles. The largest absolute Gasteiger partial charge is 0.341 e. The molecule has 1 atom stereocenters. The minimum absolute atomic E-state index is 0.0489. The molecule has 0 spiro atoms. The van der Waals surface area contributed by atoms with Gasteiger partial charge in [-0.3, -0.25) is 9.59 Å². The Hall–Kier alpha value is -1.40. The van der Waals surface area contributed by atoms with Crippen molar-refractivity contribution in [3.63, 3.8) is 0 Å². The van der Waals surface area contributed by atoms with Crippen LogP contribution in [0.4, 0.5) is 0 Å². The predicted molar refractivity (Wildman–Crippen MR) is 93.6 cm³/mol. The van der Waals surface area contributed by atoms with Crippen molar-refractivity contribution in [2.24, 2.45) is 11.8 Å². The highest BCUT2D eigenvalue weighted by molar-refractivity contribution is 7.12. The topological polar surface area (TPSA) is 61.4 Å². The number of likely N-dealkylation sites (tertiary alicyclic amines) is 1. The molecule has 2 rings (SSSR count). The Morgan fingerprint density at radius 3 is 2.57 bits per heavy atom. The van der Waals surface area contributed by atoms with Gasteiger partial charge in [0.2, 0.25) is 5.91 Å². The molecule has 2 N–H and O–H groups in total. The van der Waals surface area contributed by atoms with E-state index in [9.17, 15) is 9.59 Å². The highest BCUT2D eigenvalue weighted by atomic mass is 32.1. The van der Waals surface area contributed by atoms with Crippen molar-refractivity contribution < 1.29 is 9.59 Å². The molecule has 2 amide bonds. The molecule has 1 aliphatic heterocycles. The summed E-state index contributed by atoms with van der Waals surface area (Å²) in [5, 5.41) is 7.99. The van der Waals surface area contributed by atoms with E-state index in [0.717, 1.165) is 32.5 Å². The van der Waals surface area contributed by atoms with Crippen LogP contribution in [0.5, 0.6) is 0 Å². The number of rotatable bonds is 6. The minimum atomic E-state index is -0.453. The SMILES string of the molecule is CNCC1CCN(C(=O)C(NC(=O)c2cccs2)C(C)C)CC1. The highest BCUT2D eigenvalue weighted by Gasteiger charge is 2.31. The van der Waals surface area contributed by atoms with Crippen molar-refractivity contribution in [1.82, 2.24) is 15.5 Å². The van der Waals surface area contributed by atoms with Crippen LogP contribution in [0.1, 0.15) is 36.4 Å². The summed E-state index contributed by atoms with van der Waals surface area (Å²) in [6.07, 6.45) is 2.05. The second-order valence-electron chi connectivity index (χ2n) is 6.50. The van der Waals surface area contributed by atoms with Gasteiger partial charge in [-0.25, -0.2) is 0 Å². The molecular weight excluding hydrogens is 310 g/mol. The lowest BCUT2D eigenvalue weighted by atomic mass is 9.95. The number of piperidine rings is 1. The summed E-state index contributed by atoms with van der Waals surface area (Å²) in [5.74, 6) is 0.605. The van der Waals surface area contributed by atoms with Gasteiger partial charge in [0.15, 0.2) is 0 Å². The van der Waals surface area contributed by atoms with Crippen LogP contribution >= 0.6 is 11.3 Å². The molecule has 1 aromatic heterocycles. The van der Waals surface area contributed by atoms with Crippen LogP contribution in [0.3, 0.4) is 0 Å². The number of nitrogens with one attached hydrogen (secondary N) is 2. The fourth-order valence-corrected chi connectivity index (χ4v) is 3.60. The number of nitrogens with zero attached hydrogens (tertiary/aromatic N) is 1. The van der Waals surface area contributed by atoms with E-state index in [1.165, 1.54) is 11.3 Å². The van der Waals surface area contributed by atoms with Crippen molar-refractivity contribution in [3.05, 3.63) is 22.4 Å². The van der Waals surface area contributed by atoms with Gasteiger partial charge in [0.05, 0.1) is 4.88 Å². The molecule has 1 saturated heterocycles. The molecule has 128 valence electrons. The lowest BCUT2D eigenvalue weighted by molar-refractivity contribution is -0.135. The molecule has 1 aliphatic rings. The fraction of sp³-hybridized carbons (Fsp3) is 0.647. The predicted octanol–water partition coefficient (Wildman–Crippen LogP) is 1.96. The van der Waals surface area contributed by atoms with Crippen molar-refractivity contribution in [1.29, 1.82) is 0 Å². The Kier molecular flexibility index (Phi) is 6.59. The summed E-state index contributed by atoms with van der Waals surface area (Å²) in [6, 6.07) is 3.18. The van der Waals surface area contributed by atoms with Crippen molar-refractivity contribution in [2.45, 2.75) is 32.7 Å². The van der Waals surface area contributed by atoms with Crippen molar-refractivity contribution in [2.75, 3.05) is 26.7 Å². The Bertz CT molecular complexity index is 508. The van der Waals surface area contributed by atoms with E-state index in [1.807, 2.05) is 37.2 Å². The van der Waals surface area contributed by atoms with Gasteiger partial charge < -0.3 is 15.5 Å². The molecule has 0 aromatic carbocycles. The van der Waals surface area contributed by atoms with Gasteiger partial charge >= 0.3 is 0 Å². The van der Waals surface area contributed by atoms with E-state index in [4.69, 9.17) is 0 Å². The number of carbonyl (C=O) groups is 2. The van der Waals surface area contributed by atoms with Gasteiger partial charge in [-0.15, -0.1) is 11.3 Å². The van der Waals surface area contributed by atoms with Crippen LogP contribution in [-0.2, 0) is 4.79 Å². The third-order valence-electron chi connectivity index (χ3n) is 4.38. The molecule has 1 aromatic rings. The van der Waals surface area contributed by atoms with Gasteiger partial charge in [-0.05, 0) is 49.7 Å². The maximum absolute atomic E-state index is 12.8. The van der Waals surface area contributed by atoms with Crippen LogP contribution in [0, 0.1) is 11.8 Å². The zero-order valence-electron chi connectivity index (χ0n) is 14.2. The van der Waals surface area contributed by atoms with E-state index < -0.39 is 6.04 Å². The molecular formula is C17H27N3O2S. The molecule has 0 aliphatic carbocycles. The summed E-state index contributed by atoms with van der Waals surface area (Å²) >= 11 is 1.39. The number of carbonyl (C=O) groups excluding carboxylic acids is 2. The first-order chi connectivity index (χ1) is 11.0. The second kappa shape index (κ2) is 8.45. The van der Waals surface area contributed by atoms with E-state index in [0.29, 0.717) is 10.8 Å². The quantitative estimate of drug-likeness (QED) is 0.834. The first-order valence-electron chi connectivity index (χ1n) is 8.30. The van der Waals surface area contributed by atoms with E-state index in [1.54, 1.807) is 6.07 Å². The average Bonchev–Trinajstić information content (AvgIpc) is 3.07. The standard InChI is InChI=1S/C17H27N3O2S/c1-12(2)15(19-16(21)14-5-4-10-23-14)17(22)20-8-6-13(7-9-20)11-18-3/h4-5,10,12-13,15,18H,6-9,11H2,1-3H3,(H,19,21).